The third kappa shape index (κ3) is 4.61. The maximum absolute atomic E-state index is 6.49. The standard InChI is InChI=1S/C28H24ClN3O2/c1-3-19-7-6-8-22(14-19)34-26-16-30-25-10-5-4-9-23(25)27(26)28-31-21(17-33-32-28)15-20-12-11-18(2)13-24(20)29/h3-14,16,21H,1,15,17H2,2H3,(H,31,32)/t21-/m1/s1. The zero-order valence-electron chi connectivity index (χ0n) is 18.8. The first-order chi connectivity index (χ1) is 16.6. The lowest BCUT2D eigenvalue weighted by Crippen LogP contribution is -2.43. The van der Waals surface area contributed by atoms with Gasteiger partial charge in [0.25, 0.3) is 0 Å². The first kappa shape index (κ1) is 22.0. The number of benzene rings is 3. The maximum atomic E-state index is 6.49. The van der Waals surface area contributed by atoms with Crippen LogP contribution in [0.25, 0.3) is 17.0 Å². The number of aryl methyl sites for hydroxylation is 1. The predicted molar refractivity (Wildman–Crippen MR) is 138 cm³/mol. The summed E-state index contributed by atoms with van der Waals surface area (Å²) in [6.45, 7) is 6.31. The van der Waals surface area contributed by atoms with E-state index in [4.69, 9.17) is 21.2 Å². The molecule has 0 bridgehead atoms. The van der Waals surface area contributed by atoms with Gasteiger partial charge in [-0.2, -0.15) is 0 Å². The predicted octanol–water partition coefficient (Wildman–Crippen LogP) is 6.52. The van der Waals surface area contributed by atoms with Gasteiger partial charge in [0.2, 0.25) is 0 Å². The van der Waals surface area contributed by atoms with Gasteiger partial charge in [-0.05, 0) is 54.3 Å². The first-order valence-corrected chi connectivity index (χ1v) is 11.5. The van der Waals surface area contributed by atoms with Gasteiger partial charge in [0.05, 0.1) is 23.3 Å². The van der Waals surface area contributed by atoms with Crippen LogP contribution in [0, 0.1) is 6.92 Å². The highest BCUT2D eigenvalue weighted by atomic mass is 35.5. The van der Waals surface area contributed by atoms with Crippen molar-refractivity contribution in [2.75, 3.05) is 6.61 Å². The SMILES string of the molecule is C=Cc1cccc(Oc2cnc3ccccc3c2C2=NOC[C@@H](Cc3ccc(C)cc3Cl)N2)c1. The Hall–Kier alpha value is -3.83. The van der Waals surface area contributed by atoms with Crippen LogP contribution in [0.4, 0.5) is 0 Å². The highest BCUT2D eigenvalue weighted by molar-refractivity contribution is 6.31. The largest absolute Gasteiger partial charge is 0.455 e. The van der Waals surface area contributed by atoms with Gasteiger partial charge < -0.3 is 14.9 Å². The van der Waals surface area contributed by atoms with E-state index in [-0.39, 0.29) is 6.04 Å². The van der Waals surface area contributed by atoms with Gasteiger partial charge in [0, 0.05) is 10.4 Å². The van der Waals surface area contributed by atoms with Crippen molar-refractivity contribution in [2.45, 2.75) is 19.4 Å². The monoisotopic (exact) mass is 469 g/mol. The summed E-state index contributed by atoms with van der Waals surface area (Å²) in [5.41, 5.74) is 4.81. The van der Waals surface area contributed by atoms with E-state index in [9.17, 15) is 0 Å². The molecular formula is C28H24ClN3O2. The minimum atomic E-state index is -0.00317. The van der Waals surface area contributed by atoms with Crippen molar-refractivity contribution < 1.29 is 9.57 Å². The number of rotatable bonds is 6. The van der Waals surface area contributed by atoms with E-state index in [1.54, 1.807) is 12.3 Å². The molecule has 6 heteroatoms. The van der Waals surface area contributed by atoms with Gasteiger partial charge in [-0.3, -0.25) is 4.98 Å². The molecule has 0 aliphatic carbocycles. The van der Waals surface area contributed by atoms with E-state index < -0.39 is 0 Å². The molecule has 0 spiro atoms. The highest BCUT2D eigenvalue weighted by Gasteiger charge is 2.24. The van der Waals surface area contributed by atoms with Crippen LogP contribution in [0.2, 0.25) is 5.02 Å². The quantitative estimate of drug-likeness (QED) is 0.349. The van der Waals surface area contributed by atoms with Crippen molar-refractivity contribution >= 4 is 34.4 Å². The molecular weight excluding hydrogens is 446 g/mol. The summed E-state index contributed by atoms with van der Waals surface area (Å²) in [7, 11) is 0. The third-order valence-electron chi connectivity index (χ3n) is 5.75. The minimum absolute atomic E-state index is 0.00317. The molecule has 0 radical (unpaired) electrons. The van der Waals surface area contributed by atoms with Gasteiger partial charge in [-0.15, -0.1) is 0 Å². The fourth-order valence-corrected chi connectivity index (χ4v) is 4.35. The fraction of sp³-hybridized carbons (Fsp3) is 0.143. The second-order valence-corrected chi connectivity index (χ2v) is 8.68. The number of nitrogens with one attached hydrogen (secondary N) is 1. The number of para-hydroxylation sites is 1. The Labute approximate surface area is 203 Å². The smallest absolute Gasteiger partial charge is 0.177 e. The molecule has 0 saturated carbocycles. The molecule has 5 rings (SSSR count). The Morgan fingerprint density at radius 3 is 2.88 bits per heavy atom. The normalized spacial score (nSPS) is 15.2. The van der Waals surface area contributed by atoms with Crippen molar-refractivity contribution in [1.29, 1.82) is 0 Å². The number of pyridine rings is 1. The molecule has 1 atom stereocenters. The average molecular weight is 470 g/mol. The van der Waals surface area contributed by atoms with Crippen molar-refractivity contribution in [3.63, 3.8) is 0 Å². The summed E-state index contributed by atoms with van der Waals surface area (Å²) in [4.78, 5) is 10.3. The van der Waals surface area contributed by atoms with Gasteiger partial charge in [-0.1, -0.05) is 71.9 Å². The lowest BCUT2D eigenvalue weighted by molar-refractivity contribution is 0.109. The number of oxime groups is 1. The Balaban J connectivity index is 1.50. The summed E-state index contributed by atoms with van der Waals surface area (Å²) < 4.78 is 6.29. The average Bonchev–Trinajstić information content (AvgIpc) is 2.86. The summed E-state index contributed by atoms with van der Waals surface area (Å²) in [5, 5.41) is 9.58. The Kier molecular flexibility index (Phi) is 6.19. The van der Waals surface area contributed by atoms with Gasteiger partial charge in [0.15, 0.2) is 11.6 Å². The lowest BCUT2D eigenvalue weighted by Gasteiger charge is -2.26. The second kappa shape index (κ2) is 9.57. The minimum Gasteiger partial charge on any atom is -0.455 e. The molecule has 2 heterocycles. The molecule has 1 aliphatic rings. The lowest BCUT2D eigenvalue weighted by atomic mass is 10.0. The number of nitrogens with zero attached hydrogens (tertiary/aromatic N) is 2. The van der Waals surface area contributed by atoms with Crippen LogP contribution in [-0.4, -0.2) is 23.5 Å². The summed E-state index contributed by atoms with van der Waals surface area (Å²) in [5.74, 6) is 1.88. The highest BCUT2D eigenvalue weighted by Crippen LogP contribution is 2.32. The summed E-state index contributed by atoms with van der Waals surface area (Å²) in [6, 6.07) is 21.8. The van der Waals surface area contributed by atoms with Crippen LogP contribution >= 0.6 is 11.6 Å². The molecule has 4 aromatic rings. The Morgan fingerprint density at radius 2 is 2.03 bits per heavy atom. The zero-order valence-corrected chi connectivity index (χ0v) is 19.5. The summed E-state index contributed by atoms with van der Waals surface area (Å²) in [6.07, 6.45) is 4.22. The van der Waals surface area contributed by atoms with Gasteiger partial charge >= 0.3 is 0 Å². The van der Waals surface area contributed by atoms with Crippen LogP contribution in [-0.2, 0) is 11.3 Å². The van der Waals surface area contributed by atoms with Crippen molar-refractivity contribution in [2.24, 2.45) is 5.16 Å². The first-order valence-electron chi connectivity index (χ1n) is 11.1. The van der Waals surface area contributed by atoms with Crippen LogP contribution in [0.3, 0.4) is 0 Å². The van der Waals surface area contributed by atoms with Crippen molar-refractivity contribution in [3.8, 4) is 11.5 Å². The van der Waals surface area contributed by atoms with Gasteiger partial charge in [-0.25, -0.2) is 0 Å². The summed E-state index contributed by atoms with van der Waals surface area (Å²) >= 11 is 6.49. The Bertz CT molecular complexity index is 1400. The number of fused-ring (bicyclic) bond motifs is 1. The third-order valence-corrected chi connectivity index (χ3v) is 6.10. The van der Waals surface area contributed by atoms with E-state index in [1.165, 1.54) is 0 Å². The molecule has 0 amide bonds. The van der Waals surface area contributed by atoms with Crippen molar-refractivity contribution in [3.05, 3.63) is 107 Å². The van der Waals surface area contributed by atoms with Crippen LogP contribution < -0.4 is 10.1 Å². The number of hydrogen-bond donors (Lipinski definition) is 1. The number of amidine groups is 1. The van der Waals surface area contributed by atoms with E-state index in [2.05, 4.69) is 34.2 Å². The Morgan fingerprint density at radius 1 is 1.15 bits per heavy atom. The zero-order chi connectivity index (χ0) is 23.5. The number of halogens is 1. The van der Waals surface area contributed by atoms with E-state index in [0.29, 0.717) is 30.4 Å². The van der Waals surface area contributed by atoms with E-state index >= 15 is 0 Å². The number of aromatic nitrogens is 1. The van der Waals surface area contributed by atoms with Crippen LogP contribution in [0.5, 0.6) is 11.5 Å². The molecule has 1 aromatic heterocycles. The molecule has 3 aromatic carbocycles. The molecule has 0 unspecified atom stereocenters. The van der Waals surface area contributed by atoms with Crippen molar-refractivity contribution in [1.82, 2.24) is 10.3 Å². The second-order valence-electron chi connectivity index (χ2n) is 8.27. The molecule has 5 nitrogen and oxygen atoms in total. The molecule has 0 saturated heterocycles. The number of ether oxygens (including phenoxy) is 1. The van der Waals surface area contributed by atoms with E-state index in [1.807, 2.05) is 61.5 Å². The molecule has 34 heavy (non-hydrogen) atoms. The van der Waals surface area contributed by atoms with Gasteiger partial charge in [0.1, 0.15) is 12.4 Å². The molecule has 1 aliphatic heterocycles. The molecule has 170 valence electrons. The van der Waals surface area contributed by atoms with Crippen LogP contribution in [0.1, 0.15) is 22.3 Å². The molecule has 1 N–H and O–H groups in total. The van der Waals surface area contributed by atoms with E-state index in [0.717, 1.165) is 38.2 Å². The van der Waals surface area contributed by atoms with Crippen LogP contribution in [0.15, 0.2) is 84.7 Å². The fourth-order valence-electron chi connectivity index (χ4n) is 4.04. The topological polar surface area (TPSA) is 55.7 Å². The maximum Gasteiger partial charge on any atom is 0.177 e. The number of hydrogen-bond acceptors (Lipinski definition) is 5. The molecule has 0 fully saturated rings.